The summed E-state index contributed by atoms with van der Waals surface area (Å²) in [5.41, 5.74) is 9.72. The lowest BCUT2D eigenvalue weighted by Crippen LogP contribution is -2.20. The lowest BCUT2D eigenvalue weighted by atomic mass is 9.97. The maximum Gasteiger partial charge on any atom is 0.248 e. The van der Waals surface area contributed by atoms with Gasteiger partial charge in [0.15, 0.2) is 0 Å². The van der Waals surface area contributed by atoms with Gasteiger partial charge in [-0.15, -0.1) is 0 Å². The monoisotopic (exact) mass is 333 g/mol. The minimum atomic E-state index is -0.371. The molecular formula is C21H23N3O. The molecule has 1 unspecified atom stereocenters. The molecule has 4 heteroatoms. The first-order valence-electron chi connectivity index (χ1n) is 8.85. The standard InChI is InChI=1S/C21H23N3O/c22-21(25)17-6-7-20-19(11-17)18(12-23-20)10-16-8-9-24(14-16)13-15-4-2-1-3-5-15/h1-7,11-12,16,23H,8-10,13-14H2,(H2,22,25). The second-order valence-corrected chi connectivity index (χ2v) is 7.02. The first-order valence-corrected chi connectivity index (χ1v) is 8.85. The van der Waals surface area contributed by atoms with Crippen LogP contribution in [0.25, 0.3) is 10.9 Å². The molecular weight excluding hydrogens is 310 g/mol. The molecule has 1 amide bonds. The number of H-pyrrole nitrogens is 1. The van der Waals surface area contributed by atoms with Crippen molar-refractivity contribution in [1.29, 1.82) is 0 Å². The Balaban J connectivity index is 1.45. The number of likely N-dealkylation sites (tertiary alicyclic amines) is 1. The van der Waals surface area contributed by atoms with Gasteiger partial charge < -0.3 is 10.7 Å². The van der Waals surface area contributed by atoms with E-state index in [1.807, 2.05) is 12.1 Å². The third kappa shape index (κ3) is 3.44. The zero-order chi connectivity index (χ0) is 17.2. The maximum absolute atomic E-state index is 11.4. The van der Waals surface area contributed by atoms with Crippen molar-refractivity contribution in [2.45, 2.75) is 19.4 Å². The van der Waals surface area contributed by atoms with E-state index in [1.54, 1.807) is 6.07 Å². The van der Waals surface area contributed by atoms with Crippen molar-refractivity contribution in [3.8, 4) is 0 Å². The molecule has 2 aromatic carbocycles. The van der Waals surface area contributed by atoms with Crippen molar-refractivity contribution < 1.29 is 4.79 Å². The van der Waals surface area contributed by atoms with Gasteiger partial charge in [-0.1, -0.05) is 30.3 Å². The number of fused-ring (bicyclic) bond motifs is 1. The Bertz CT molecular complexity index is 885. The van der Waals surface area contributed by atoms with Crippen LogP contribution in [-0.2, 0) is 13.0 Å². The van der Waals surface area contributed by atoms with Gasteiger partial charge in [0.2, 0.25) is 5.91 Å². The molecule has 1 aliphatic rings. The molecule has 128 valence electrons. The number of carbonyl (C=O) groups is 1. The first kappa shape index (κ1) is 15.9. The summed E-state index contributed by atoms with van der Waals surface area (Å²) in [4.78, 5) is 17.3. The second kappa shape index (κ2) is 6.73. The third-order valence-corrected chi connectivity index (χ3v) is 5.18. The van der Waals surface area contributed by atoms with Gasteiger partial charge in [0.1, 0.15) is 0 Å². The van der Waals surface area contributed by atoms with Gasteiger partial charge in [-0.25, -0.2) is 0 Å². The van der Waals surface area contributed by atoms with Crippen molar-refractivity contribution in [2.24, 2.45) is 11.7 Å². The molecule has 4 nitrogen and oxygen atoms in total. The van der Waals surface area contributed by atoms with E-state index in [-0.39, 0.29) is 5.91 Å². The van der Waals surface area contributed by atoms with Crippen LogP contribution in [0.3, 0.4) is 0 Å². The van der Waals surface area contributed by atoms with Crippen LogP contribution in [0.4, 0.5) is 0 Å². The van der Waals surface area contributed by atoms with E-state index in [9.17, 15) is 4.79 Å². The average molecular weight is 333 g/mol. The van der Waals surface area contributed by atoms with E-state index in [4.69, 9.17) is 5.73 Å². The topological polar surface area (TPSA) is 62.1 Å². The number of amides is 1. The van der Waals surface area contributed by atoms with Crippen LogP contribution in [0.15, 0.2) is 54.7 Å². The van der Waals surface area contributed by atoms with Crippen LogP contribution in [0.1, 0.15) is 27.9 Å². The summed E-state index contributed by atoms with van der Waals surface area (Å²) in [5.74, 6) is 0.281. The predicted octanol–water partition coefficient (Wildman–Crippen LogP) is 3.33. The first-order chi connectivity index (χ1) is 12.2. The van der Waals surface area contributed by atoms with Crippen molar-refractivity contribution in [3.05, 3.63) is 71.4 Å². The quantitative estimate of drug-likeness (QED) is 0.752. The fourth-order valence-electron chi connectivity index (χ4n) is 3.88. The zero-order valence-corrected chi connectivity index (χ0v) is 14.2. The summed E-state index contributed by atoms with van der Waals surface area (Å²) >= 11 is 0. The fourth-order valence-corrected chi connectivity index (χ4v) is 3.88. The van der Waals surface area contributed by atoms with Crippen LogP contribution in [0.5, 0.6) is 0 Å². The van der Waals surface area contributed by atoms with Crippen molar-refractivity contribution in [3.63, 3.8) is 0 Å². The normalized spacial score (nSPS) is 18.0. The van der Waals surface area contributed by atoms with E-state index in [1.165, 1.54) is 17.5 Å². The molecule has 25 heavy (non-hydrogen) atoms. The van der Waals surface area contributed by atoms with E-state index in [0.717, 1.165) is 37.0 Å². The molecule has 3 N–H and O–H groups in total. The van der Waals surface area contributed by atoms with E-state index in [0.29, 0.717) is 11.5 Å². The summed E-state index contributed by atoms with van der Waals surface area (Å²) < 4.78 is 0. The number of carbonyl (C=O) groups excluding carboxylic acids is 1. The number of hydrogen-bond donors (Lipinski definition) is 2. The number of nitrogens with one attached hydrogen (secondary N) is 1. The molecule has 0 aliphatic carbocycles. The molecule has 0 radical (unpaired) electrons. The van der Waals surface area contributed by atoms with Crippen LogP contribution >= 0.6 is 0 Å². The molecule has 0 spiro atoms. The molecule has 1 saturated heterocycles. The Hall–Kier alpha value is -2.59. The average Bonchev–Trinajstić information content (AvgIpc) is 3.23. The van der Waals surface area contributed by atoms with Gasteiger partial charge in [-0.2, -0.15) is 0 Å². The molecule has 0 saturated carbocycles. The Morgan fingerprint density at radius 3 is 2.84 bits per heavy atom. The number of aromatic nitrogens is 1. The van der Waals surface area contributed by atoms with Crippen molar-refractivity contribution in [2.75, 3.05) is 13.1 Å². The van der Waals surface area contributed by atoms with Crippen LogP contribution in [-0.4, -0.2) is 28.9 Å². The fraction of sp³-hybridized carbons (Fsp3) is 0.286. The number of rotatable bonds is 5. The number of nitrogens with two attached hydrogens (primary N) is 1. The summed E-state index contributed by atoms with van der Waals surface area (Å²) in [6.45, 7) is 3.29. The van der Waals surface area contributed by atoms with Gasteiger partial charge in [0.05, 0.1) is 0 Å². The number of hydrogen-bond acceptors (Lipinski definition) is 2. The highest BCUT2D eigenvalue weighted by Gasteiger charge is 2.23. The van der Waals surface area contributed by atoms with E-state index >= 15 is 0 Å². The van der Waals surface area contributed by atoms with Crippen LogP contribution in [0.2, 0.25) is 0 Å². The highest BCUT2D eigenvalue weighted by molar-refractivity contribution is 5.97. The van der Waals surface area contributed by atoms with Crippen LogP contribution in [0, 0.1) is 5.92 Å². The summed E-state index contributed by atoms with van der Waals surface area (Å²) in [6, 6.07) is 16.3. The van der Waals surface area contributed by atoms with Gasteiger partial charge in [-0.05, 0) is 54.6 Å². The molecule has 1 atom stereocenters. The van der Waals surface area contributed by atoms with Crippen molar-refractivity contribution >= 4 is 16.8 Å². The number of aromatic amines is 1. The Kier molecular flexibility index (Phi) is 4.28. The van der Waals surface area contributed by atoms with Crippen LogP contribution < -0.4 is 5.73 Å². The maximum atomic E-state index is 11.4. The summed E-state index contributed by atoms with van der Waals surface area (Å²) in [7, 11) is 0. The highest BCUT2D eigenvalue weighted by Crippen LogP contribution is 2.27. The highest BCUT2D eigenvalue weighted by atomic mass is 16.1. The molecule has 0 bridgehead atoms. The summed E-state index contributed by atoms with van der Waals surface area (Å²) in [6.07, 6.45) is 4.33. The SMILES string of the molecule is NC(=O)c1ccc2[nH]cc(CC3CCN(Cc4ccccc4)C3)c2c1. The molecule has 1 fully saturated rings. The number of nitrogens with zero attached hydrogens (tertiary/aromatic N) is 1. The lowest BCUT2D eigenvalue weighted by molar-refractivity contribution is 0.100. The third-order valence-electron chi connectivity index (χ3n) is 5.18. The molecule has 1 aliphatic heterocycles. The van der Waals surface area contributed by atoms with Crippen molar-refractivity contribution in [1.82, 2.24) is 9.88 Å². The molecule has 3 aromatic rings. The smallest absolute Gasteiger partial charge is 0.248 e. The predicted molar refractivity (Wildman–Crippen MR) is 100 cm³/mol. The Labute approximate surface area is 147 Å². The van der Waals surface area contributed by atoms with E-state index in [2.05, 4.69) is 46.4 Å². The molecule has 4 rings (SSSR count). The minimum absolute atomic E-state index is 0.371. The Morgan fingerprint density at radius 1 is 1.20 bits per heavy atom. The largest absolute Gasteiger partial charge is 0.366 e. The van der Waals surface area contributed by atoms with E-state index < -0.39 is 0 Å². The summed E-state index contributed by atoms with van der Waals surface area (Å²) in [5, 5.41) is 1.12. The minimum Gasteiger partial charge on any atom is -0.366 e. The second-order valence-electron chi connectivity index (χ2n) is 7.02. The zero-order valence-electron chi connectivity index (χ0n) is 14.2. The number of primary amides is 1. The molecule has 1 aromatic heterocycles. The lowest BCUT2D eigenvalue weighted by Gasteiger charge is -2.16. The van der Waals surface area contributed by atoms with Gasteiger partial charge >= 0.3 is 0 Å². The van der Waals surface area contributed by atoms with Gasteiger partial charge in [0.25, 0.3) is 0 Å². The van der Waals surface area contributed by atoms with Gasteiger partial charge in [-0.3, -0.25) is 9.69 Å². The van der Waals surface area contributed by atoms with Gasteiger partial charge in [0, 0.05) is 35.8 Å². The number of benzene rings is 2. The Morgan fingerprint density at radius 2 is 2.04 bits per heavy atom. The molecule has 2 heterocycles.